The number of aromatic nitrogens is 2. The Morgan fingerprint density at radius 1 is 1.50 bits per heavy atom. The molecule has 0 aliphatic rings. The largest absolute Gasteiger partial charge is 0.379 e. The van der Waals surface area contributed by atoms with Crippen LogP contribution in [-0.4, -0.2) is 29.3 Å². The minimum Gasteiger partial charge on any atom is -0.379 e. The van der Waals surface area contributed by atoms with Crippen LogP contribution in [0.15, 0.2) is 12.5 Å². The van der Waals surface area contributed by atoms with Crippen molar-refractivity contribution in [2.45, 2.75) is 33.9 Å². The third kappa shape index (κ3) is 5.28. The molecule has 16 heavy (non-hydrogen) atoms. The van der Waals surface area contributed by atoms with Gasteiger partial charge in [-0.05, 0) is 12.5 Å². The third-order valence-corrected chi connectivity index (χ3v) is 2.19. The molecule has 4 heteroatoms. The van der Waals surface area contributed by atoms with Gasteiger partial charge in [0.1, 0.15) is 0 Å². The Balaban J connectivity index is 2.19. The third-order valence-electron chi connectivity index (χ3n) is 2.19. The Bertz CT molecular complexity index is 284. The average Bonchev–Trinajstić information content (AvgIpc) is 2.69. The monoisotopic (exact) mass is 225 g/mol. The van der Waals surface area contributed by atoms with E-state index in [9.17, 15) is 0 Å². The van der Waals surface area contributed by atoms with Gasteiger partial charge in [-0.3, -0.25) is 0 Å². The van der Waals surface area contributed by atoms with Crippen LogP contribution in [0.2, 0.25) is 0 Å². The first-order valence-corrected chi connectivity index (χ1v) is 6.01. The predicted octanol–water partition coefficient (Wildman–Crippen LogP) is 1.67. The predicted molar refractivity (Wildman–Crippen MR) is 65.3 cm³/mol. The maximum Gasteiger partial charge on any atom is 0.0950 e. The molecule has 0 aliphatic heterocycles. The molecule has 0 fully saturated rings. The van der Waals surface area contributed by atoms with Crippen molar-refractivity contribution >= 4 is 0 Å². The molecule has 0 radical (unpaired) electrons. The van der Waals surface area contributed by atoms with Crippen LogP contribution < -0.4 is 5.32 Å². The van der Waals surface area contributed by atoms with Crippen LogP contribution in [0.25, 0.3) is 0 Å². The molecule has 0 saturated carbocycles. The van der Waals surface area contributed by atoms with Crippen LogP contribution >= 0.6 is 0 Å². The van der Waals surface area contributed by atoms with Gasteiger partial charge in [-0.25, -0.2) is 4.98 Å². The van der Waals surface area contributed by atoms with E-state index in [1.807, 2.05) is 6.33 Å². The zero-order chi connectivity index (χ0) is 11.8. The SMILES string of the molecule is CCNCc1cn(CCOCC(C)C)cn1. The molecule has 0 aromatic carbocycles. The summed E-state index contributed by atoms with van der Waals surface area (Å²) in [6.07, 6.45) is 3.94. The number of ether oxygens (including phenoxy) is 1. The highest BCUT2D eigenvalue weighted by Gasteiger charge is 1.98. The van der Waals surface area contributed by atoms with E-state index in [1.165, 1.54) is 0 Å². The van der Waals surface area contributed by atoms with Gasteiger partial charge in [0.2, 0.25) is 0 Å². The summed E-state index contributed by atoms with van der Waals surface area (Å²) in [5, 5.41) is 3.25. The van der Waals surface area contributed by atoms with Gasteiger partial charge in [-0.1, -0.05) is 20.8 Å². The molecule has 1 aromatic rings. The molecule has 1 heterocycles. The highest BCUT2D eigenvalue weighted by molar-refractivity contribution is 4.95. The summed E-state index contributed by atoms with van der Waals surface area (Å²) in [4.78, 5) is 4.31. The Morgan fingerprint density at radius 2 is 2.31 bits per heavy atom. The molecule has 0 aliphatic carbocycles. The lowest BCUT2D eigenvalue weighted by Gasteiger charge is -2.06. The van der Waals surface area contributed by atoms with Crippen molar-refractivity contribution in [2.75, 3.05) is 19.8 Å². The maximum atomic E-state index is 5.53. The van der Waals surface area contributed by atoms with E-state index in [0.29, 0.717) is 5.92 Å². The van der Waals surface area contributed by atoms with E-state index in [4.69, 9.17) is 4.74 Å². The van der Waals surface area contributed by atoms with Crippen molar-refractivity contribution in [3.63, 3.8) is 0 Å². The van der Waals surface area contributed by atoms with Gasteiger partial charge in [-0.2, -0.15) is 0 Å². The highest BCUT2D eigenvalue weighted by Crippen LogP contribution is 1.97. The van der Waals surface area contributed by atoms with Crippen molar-refractivity contribution in [1.29, 1.82) is 0 Å². The highest BCUT2D eigenvalue weighted by atomic mass is 16.5. The fourth-order valence-electron chi connectivity index (χ4n) is 1.36. The van der Waals surface area contributed by atoms with E-state index < -0.39 is 0 Å². The van der Waals surface area contributed by atoms with E-state index in [1.54, 1.807) is 0 Å². The quantitative estimate of drug-likeness (QED) is 0.684. The number of imidazole rings is 1. The van der Waals surface area contributed by atoms with Crippen LogP contribution in [0.1, 0.15) is 26.5 Å². The average molecular weight is 225 g/mol. The zero-order valence-electron chi connectivity index (χ0n) is 10.6. The molecule has 4 nitrogen and oxygen atoms in total. The summed E-state index contributed by atoms with van der Waals surface area (Å²) < 4.78 is 7.60. The summed E-state index contributed by atoms with van der Waals surface area (Å²) in [5.74, 6) is 0.604. The first-order valence-electron chi connectivity index (χ1n) is 6.01. The zero-order valence-corrected chi connectivity index (χ0v) is 10.6. The Morgan fingerprint density at radius 3 is 3.00 bits per heavy atom. The van der Waals surface area contributed by atoms with Gasteiger partial charge in [0.05, 0.1) is 18.6 Å². The summed E-state index contributed by atoms with van der Waals surface area (Å²) in [7, 11) is 0. The van der Waals surface area contributed by atoms with Crippen LogP contribution in [0.4, 0.5) is 0 Å². The summed E-state index contributed by atoms with van der Waals surface area (Å²) in [6, 6.07) is 0. The lowest BCUT2D eigenvalue weighted by Crippen LogP contribution is -2.12. The minimum absolute atomic E-state index is 0.604. The minimum atomic E-state index is 0.604. The fourth-order valence-corrected chi connectivity index (χ4v) is 1.36. The standard InChI is InChI=1S/C12H23N3O/c1-4-13-7-12-8-15(10-14-12)5-6-16-9-11(2)3/h8,10-11,13H,4-7,9H2,1-3H3. The number of hydrogen-bond donors (Lipinski definition) is 1. The molecular weight excluding hydrogens is 202 g/mol. The summed E-state index contributed by atoms with van der Waals surface area (Å²) >= 11 is 0. The molecule has 0 unspecified atom stereocenters. The normalized spacial score (nSPS) is 11.2. The number of rotatable bonds is 8. The first kappa shape index (κ1) is 13.2. The van der Waals surface area contributed by atoms with Crippen molar-refractivity contribution in [1.82, 2.24) is 14.9 Å². The second-order valence-electron chi connectivity index (χ2n) is 4.35. The maximum absolute atomic E-state index is 5.53. The number of hydrogen-bond acceptors (Lipinski definition) is 3. The van der Waals surface area contributed by atoms with Gasteiger partial charge < -0.3 is 14.6 Å². The first-order chi connectivity index (χ1) is 7.72. The second kappa shape index (κ2) is 7.41. The molecule has 1 N–H and O–H groups in total. The van der Waals surface area contributed by atoms with Crippen molar-refractivity contribution in [3.8, 4) is 0 Å². The number of nitrogens with one attached hydrogen (secondary N) is 1. The lowest BCUT2D eigenvalue weighted by molar-refractivity contribution is 0.103. The van der Waals surface area contributed by atoms with Crippen LogP contribution in [0.5, 0.6) is 0 Å². The number of nitrogens with zero attached hydrogens (tertiary/aromatic N) is 2. The van der Waals surface area contributed by atoms with Gasteiger partial charge in [0.25, 0.3) is 0 Å². The van der Waals surface area contributed by atoms with Crippen molar-refractivity contribution < 1.29 is 4.74 Å². The van der Waals surface area contributed by atoms with E-state index >= 15 is 0 Å². The lowest BCUT2D eigenvalue weighted by atomic mass is 10.2. The van der Waals surface area contributed by atoms with Gasteiger partial charge in [0.15, 0.2) is 0 Å². The topological polar surface area (TPSA) is 39.1 Å². The van der Waals surface area contributed by atoms with Crippen LogP contribution in [0.3, 0.4) is 0 Å². The smallest absolute Gasteiger partial charge is 0.0950 e. The molecule has 1 rings (SSSR count). The molecule has 1 aromatic heterocycles. The Labute approximate surface area is 98.0 Å². The van der Waals surface area contributed by atoms with Crippen molar-refractivity contribution in [2.24, 2.45) is 5.92 Å². The van der Waals surface area contributed by atoms with Crippen LogP contribution in [-0.2, 0) is 17.8 Å². The van der Waals surface area contributed by atoms with E-state index in [0.717, 1.165) is 38.5 Å². The Kier molecular flexibility index (Phi) is 6.11. The molecule has 0 atom stereocenters. The fraction of sp³-hybridized carbons (Fsp3) is 0.750. The van der Waals surface area contributed by atoms with Crippen LogP contribution in [0, 0.1) is 5.92 Å². The van der Waals surface area contributed by atoms with Gasteiger partial charge >= 0.3 is 0 Å². The summed E-state index contributed by atoms with van der Waals surface area (Å²) in [5.41, 5.74) is 1.09. The van der Waals surface area contributed by atoms with E-state index in [2.05, 4.69) is 41.8 Å². The molecule has 0 saturated heterocycles. The van der Waals surface area contributed by atoms with Crippen molar-refractivity contribution in [3.05, 3.63) is 18.2 Å². The molecule has 0 amide bonds. The summed E-state index contributed by atoms with van der Waals surface area (Å²) in [6.45, 7) is 10.7. The molecule has 0 spiro atoms. The Hall–Kier alpha value is -0.870. The second-order valence-corrected chi connectivity index (χ2v) is 4.35. The van der Waals surface area contributed by atoms with Gasteiger partial charge in [-0.15, -0.1) is 0 Å². The van der Waals surface area contributed by atoms with E-state index in [-0.39, 0.29) is 0 Å². The molecule has 0 bridgehead atoms. The molecular formula is C12H23N3O. The molecule has 92 valence electrons. The van der Waals surface area contributed by atoms with Gasteiger partial charge in [0, 0.05) is 25.9 Å².